The molecule has 0 spiro atoms. The summed E-state index contributed by atoms with van der Waals surface area (Å²) in [5, 5.41) is 21.8. The van der Waals surface area contributed by atoms with Gasteiger partial charge in [-0.15, -0.1) is 15.3 Å². The van der Waals surface area contributed by atoms with Crippen LogP contribution in [0.25, 0.3) is 28.2 Å². The van der Waals surface area contributed by atoms with E-state index in [-0.39, 0.29) is 0 Å². The predicted octanol–water partition coefficient (Wildman–Crippen LogP) is 9.14. The normalized spacial score (nSPS) is 11.7. The van der Waals surface area contributed by atoms with Crippen molar-refractivity contribution >= 4 is 28.5 Å². The minimum atomic E-state index is 0.582. The number of aromatic amines is 1. The Labute approximate surface area is 213 Å². The lowest BCUT2D eigenvalue weighted by atomic mass is 10.1. The summed E-state index contributed by atoms with van der Waals surface area (Å²) in [5.41, 5.74) is 7.35. The molecular weight excluding hydrogens is 458 g/mol. The molecule has 7 heteroatoms. The fourth-order valence-corrected chi connectivity index (χ4v) is 4.05. The van der Waals surface area contributed by atoms with Gasteiger partial charge in [-0.25, -0.2) is 9.50 Å². The number of fused-ring (bicyclic) bond motifs is 1. The van der Waals surface area contributed by atoms with Crippen LogP contribution in [0.4, 0.5) is 22.9 Å². The number of imidazole rings is 1. The Balaban J connectivity index is 1.57. The van der Waals surface area contributed by atoms with Crippen molar-refractivity contribution in [2.45, 2.75) is 6.92 Å². The van der Waals surface area contributed by atoms with Crippen LogP contribution >= 0.6 is 0 Å². The zero-order chi connectivity index (χ0) is 25.0. The number of rotatable bonds is 6. The molecule has 0 saturated carbocycles. The van der Waals surface area contributed by atoms with Gasteiger partial charge in [-0.3, -0.25) is 5.10 Å². The van der Waals surface area contributed by atoms with Crippen molar-refractivity contribution < 1.29 is 0 Å². The van der Waals surface area contributed by atoms with Gasteiger partial charge in [0.2, 0.25) is 5.82 Å². The molecule has 0 radical (unpaired) electrons. The minimum absolute atomic E-state index is 0.582. The quantitative estimate of drug-likeness (QED) is 0.236. The van der Waals surface area contributed by atoms with Gasteiger partial charge in [0.25, 0.3) is 0 Å². The highest BCUT2D eigenvalue weighted by Crippen LogP contribution is 2.40. The SMILES string of the molecule is Cc1ccc(N=Nc2c(-c3ccccc3)[nH]n3c(N=Nc4ccccc4)c(-c4ccccc4)nc23)cc1. The van der Waals surface area contributed by atoms with E-state index >= 15 is 0 Å². The molecule has 0 amide bonds. The van der Waals surface area contributed by atoms with Crippen molar-refractivity contribution in [2.24, 2.45) is 20.5 Å². The third-order valence-electron chi connectivity index (χ3n) is 5.95. The van der Waals surface area contributed by atoms with E-state index < -0.39 is 0 Å². The van der Waals surface area contributed by atoms with Gasteiger partial charge < -0.3 is 0 Å². The molecule has 0 atom stereocenters. The zero-order valence-electron chi connectivity index (χ0n) is 20.2. The molecule has 6 aromatic rings. The van der Waals surface area contributed by atoms with Crippen LogP contribution in [0.3, 0.4) is 0 Å². The lowest BCUT2D eigenvalue weighted by molar-refractivity contribution is 0.957. The first kappa shape index (κ1) is 22.3. The number of benzene rings is 4. The Bertz CT molecular complexity index is 1700. The van der Waals surface area contributed by atoms with Gasteiger partial charge in [-0.05, 0) is 31.2 Å². The molecule has 37 heavy (non-hydrogen) atoms. The Kier molecular flexibility index (Phi) is 5.93. The molecule has 4 aromatic carbocycles. The molecule has 0 unspecified atom stereocenters. The van der Waals surface area contributed by atoms with Crippen LogP contribution in [0.1, 0.15) is 5.56 Å². The van der Waals surface area contributed by atoms with Crippen molar-refractivity contribution in [1.29, 1.82) is 0 Å². The standard InChI is InChI=1S/C30H23N7/c1-21-17-19-25(20-18-21)32-34-28-26(22-11-5-2-6-12-22)36-37-29(28)31-27(23-13-7-3-8-14-23)30(37)35-33-24-15-9-4-10-16-24/h2-20,36H,1H3. The Hall–Kier alpha value is -5.17. The molecule has 0 aliphatic heterocycles. The fourth-order valence-electron chi connectivity index (χ4n) is 4.05. The van der Waals surface area contributed by atoms with E-state index in [0.717, 1.165) is 28.2 Å². The van der Waals surface area contributed by atoms with E-state index in [1.54, 1.807) is 0 Å². The molecule has 6 rings (SSSR count). The lowest BCUT2D eigenvalue weighted by Crippen LogP contribution is -1.85. The van der Waals surface area contributed by atoms with E-state index in [2.05, 4.69) is 25.6 Å². The van der Waals surface area contributed by atoms with Crippen LogP contribution in [0.2, 0.25) is 0 Å². The van der Waals surface area contributed by atoms with Crippen molar-refractivity contribution in [3.05, 3.63) is 121 Å². The van der Waals surface area contributed by atoms with E-state index in [9.17, 15) is 0 Å². The van der Waals surface area contributed by atoms with Crippen molar-refractivity contribution in [1.82, 2.24) is 14.6 Å². The number of hydrogen-bond donors (Lipinski definition) is 1. The van der Waals surface area contributed by atoms with Crippen LogP contribution in [0.5, 0.6) is 0 Å². The fraction of sp³-hybridized carbons (Fsp3) is 0.0333. The summed E-state index contributed by atoms with van der Waals surface area (Å²) in [6, 6.07) is 37.6. The summed E-state index contributed by atoms with van der Waals surface area (Å²) in [4.78, 5) is 4.99. The summed E-state index contributed by atoms with van der Waals surface area (Å²) in [7, 11) is 0. The second kappa shape index (κ2) is 9.83. The number of nitrogens with zero attached hydrogens (tertiary/aromatic N) is 6. The highest BCUT2D eigenvalue weighted by molar-refractivity contribution is 5.87. The average molecular weight is 482 g/mol. The highest BCUT2D eigenvalue weighted by atomic mass is 15.4. The maximum atomic E-state index is 4.99. The van der Waals surface area contributed by atoms with Gasteiger partial charge in [-0.2, -0.15) is 5.11 Å². The second-order valence-electron chi connectivity index (χ2n) is 8.58. The lowest BCUT2D eigenvalue weighted by Gasteiger charge is -2.01. The van der Waals surface area contributed by atoms with E-state index in [0.29, 0.717) is 22.8 Å². The Morgan fingerprint density at radius 1 is 0.595 bits per heavy atom. The summed E-state index contributed by atoms with van der Waals surface area (Å²) < 4.78 is 1.83. The number of aryl methyl sites for hydroxylation is 1. The first-order valence-electron chi connectivity index (χ1n) is 12.0. The Morgan fingerprint density at radius 2 is 1.16 bits per heavy atom. The van der Waals surface area contributed by atoms with E-state index in [1.807, 2.05) is 127 Å². The molecule has 2 aromatic heterocycles. The predicted molar refractivity (Wildman–Crippen MR) is 146 cm³/mol. The number of H-pyrrole nitrogens is 1. The topological polar surface area (TPSA) is 82.5 Å². The maximum Gasteiger partial charge on any atom is 0.202 e. The van der Waals surface area contributed by atoms with Gasteiger partial charge >= 0.3 is 0 Å². The minimum Gasteiger partial charge on any atom is -0.288 e. The maximum absolute atomic E-state index is 4.99. The third-order valence-corrected chi connectivity index (χ3v) is 5.95. The molecule has 178 valence electrons. The molecule has 0 aliphatic carbocycles. The van der Waals surface area contributed by atoms with E-state index in [1.165, 1.54) is 5.56 Å². The van der Waals surface area contributed by atoms with Crippen molar-refractivity contribution in [2.75, 3.05) is 0 Å². The molecule has 0 saturated heterocycles. The largest absolute Gasteiger partial charge is 0.288 e. The van der Waals surface area contributed by atoms with Crippen LogP contribution in [0.15, 0.2) is 136 Å². The molecule has 0 fully saturated rings. The van der Waals surface area contributed by atoms with Crippen LogP contribution in [-0.2, 0) is 0 Å². The smallest absolute Gasteiger partial charge is 0.202 e. The van der Waals surface area contributed by atoms with Crippen LogP contribution in [0, 0.1) is 6.92 Å². The average Bonchev–Trinajstić information content (AvgIpc) is 3.49. The summed E-state index contributed by atoms with van der Waals surface area (Å²) in [5.74, 6) is 0.582. The van der Waals surface area contributed by atoms with Gasteiger partial charge in [0.05, 0.1) is 17.1 Å². The molecule has 0 bridgehead atoms. The second-order valence-corrected chi connectivity index (χ2v) is 8.58. The molecule has 1 N–H and O–H groups in total. The molecule has 2 heterocycles. The van der Waals surface area contributed by atoms with Gasteiger partial charge in [0.15, 0.2) is 11.3 Å². The summed E-state index contributed by atoms with van der Waals surface area (Å²) in [6.07, 6.45) is 0. The van der Waals surface area contributed by atoms with Gasteiger partial charge in [0.1, 0.15) is 5.69 Å². The number of hydrogen-bond acceptors (Lipinski definition) is 5. The first-order valence-corrected chi connectivity index (χ1v) is 12.0. The Morgan fingerprint density at radius 3 is 1.84 bits per heavy atom. The number of azo groups is 2. The van der Waals surface area contributed by atoms with Crippen molar-refractivity contribution in [3.8, 4) is 22.5 Å². The monoisotopic (exact) mass is 481 g/mol. The number of aromatic nitrogens is 3. The highest BCUT2D eigenvalue weighted by Gasteiger charge is 2.22. The molecule has 0 aliphatic rings. The van der Waals surface area contributed by atoms with E-state index in [4.69, 9.17) is 4.98 Å². The zero-order valence-corrected chi connectivity index (χ0v) is 20.2. The summed E-state index contributed by atoms with van der Waals surface area (Å²) >= 11 is 0. The molecular formula is C30H23N7. The van der Waals surface area contributed by atoms with Crippen LogP contribution < -0.4 is 0 Å². The third kappa shape index (κ3) is 4.58. The van der Waals surface area contributed by atoms with Gasteiger partial charge in [0, 0.05) is 11.1 Å². The number of nitrogens with one attached hydrogen (secondary N) is 1. The summed E-state index contributed by atoms with van der Waals surface area (Å²) in [6.45, 7) is 2.05. The molecule has 7 nitrogen and oxygen atoms in total. The van der Waals surface area contributed by atoms with Crippen LogP contribution in [-0.4, -0.2) is 14.6 Å². The van der Waals surface area contributed by atoms with Crippen molar-refractivity contribution in [3.63, 3.8) is 0 Å². The van der Waals surface area contributed by atoms with Gasteiger partial charge in [-0.1, -0.05) is 96.6 Å². The first-order chi connectivity index (χ1) is 18.3.